The Kier molecular flexibility index (Phi) is 6.74. The highest BCUT2D eigenvalue weighted by Gasteiger charge is 2.15. The Balaban J connectivity index is 1.91. The van der Waals surface area contributed by atoms with Crippen molar-refractivity contribution in [1.29, 1.82) is 0 Å². The van der Waals surface area contributed by atoms with Crippen LogP contribution in [0.5, 0.6) is 0 Å². The Morgan fingerprint density at radius 2 is 1.81 bits per heavy atom. The summed E-state index contributed by atoms with van der Waals surface area (Å²) in [6.45, 7) is -0.0749. The van der Waals surface area contributed by atoms with E-state index in [0.717, 1.165) is 4.90 Å². The van der Waals surface area contributed by atoms with Crippen molar-refractivity contribution in [3.8, 4) is 0 Å². The second kappa shape index (κ2) is 9.00. The van der Waals surface area contributed by atoms with Gasteiger partial charge in [0, 0.05) is 24.1 Å². The third-order valence-electron chi connectivity index (χ3n) is 3.69. The van der Waals surface area contributed by atoms with Gasteiger partial charge in [-0.1, -0.05) is 24.3 Å². The van der Waals surface area contributed by atoms with Gasteiger partial charge in [0.05, 0.1) is 23.6 Å². The number of para-hydroxylation sites is 1. The maximum absolute atomic E-state index is 12.3. The van der Waals surface area contributed by atoms with Crippen molar-refractivity contribution < 1.29 is 14.5 Å². The van der Waals surface area contributed by atoms with Crippen LogP contribution in [-0.2, 0) is 16.0 Å². The second-order valence-electron chi connectivity index (χ2n) is 5.60. The molecular formula is C18H19N3O4S. The summed E-state index contributed by atoms with van der Waals surface area (Å²) < 4.78 is 0. The number of amides is 2. The summed E-state index contributed by atoms with van der Waals surface area (Å²) in [7, 11) is 1.55. The number of anilines is 1. The van der Waals surface area contributed by atoms with Gasteiger partial charge in [-0.25, -0.2) is 0 Å². The number of nitro groups is 1. The van der Waals surface area contributed by atoms with Gasteiger partial charge >= 0.3 is 0 Å². The quantitative estimate of drug-likeness (QED) is 0.458. The van der Waals surface area contributed by atoms with Gasteiger partial charge < -0.3 is 10.2 Å². The molecule has 0 atom stereocenters. The minimum atomic E-state index is -0.492. The van der Waals surface area contributed by atoms with Crippen molar-refractivity contribution in [2.75, 3.05) is 25.2 Å². The number of likely N-dealkylation sites (N-methyl/N-ethyl adjacent to an activating group) is 1. The Bertz CT molecular complexity index is 808. The van der Waals surface area contributed by atoms with Gasteiger partial charge in [0.2, 0.25) is 11.8 Å². The molecule has 2 aromatic carbocycles. The summed E-state index contributed by atoms with van der Waals surface area (Å²) in [5.41, 5.74) is 1.34. The average molecular weight is 373 g/mol. The maximum Gasteiger partial charge on any atom is 0.269 e. The number of non-ortho nitro benzene ring substituents is 1. The lowest BCUT2D eigenvalue weighted by molar-refractivity contribution is -0.384. The molecule has 0 saturated heterocycles. The standard InChI is InChI=1S/C18H19N3O4S/c1-20(12-17(22)19-15-5-3-4-6-16(15)26-2)18(23)11-13-7-9-14(10-8-13)21(24)25/h3-10H,11-12H2,1-2H3,(H,19,22). The lowest BCUT2D eigenvalue weighted by Gasteiger charge is -2.17. The predicted octanol–water partition coefficient (Wildman–Crippen LogP) is 2.96. The van der Waals surface area contributed by atoms with Crippen LogP contribution in [-0.4, -0.2) is 41.5 Å². The molecule has 1 N–H and O–H groups in total. The molecule has 0 heterocycles. The molecule has 0 saturated carbocycles. The smallest absolute Gasteiger partial charge is 0.269 e. The van der Waals surface area contributed by atoms with Crippen molar-refractivity contribution in [2.24, 2.45) is 0 Å². The van der Waals surface area contributed by atoms with Crippen molar-refractivity contribution in [2.45, 2.75) is 11.3 Å². The molecule has 0 unspecified atom stereocenters. The van der Waals surface area contributed by atoms with Crippen LogP contribution in [0.25, 0.3) is 0 Å². The highest BCUT2D eigenvalue weighted by atomic mass is 32.2. The Hall–Kier alpha value is -2.87. The van der Waals surface area contributed by atoms with Gasteiger partial charge in [-0.05, 0) is 24.0 Å². The minimum absolute atomic E-state index is 0.0265. The van der Waals surface area contributed by atoms with E-state index >= 15 is 0 Å². The molecular weight excluding hydrogens is 354 g/mol. The lowest BCUT2D eigenvalue weighted by Crippen LogP contribution is -2.35. The second-order valence-corrected chi connectivity index (χ2v) is 6.45. The number of hydrogen-bond donors (Lipinski definition) is 1. The fourth-order valence-corrected chi connectivity index (χ4v) is 2.84. The van der Waals surface area contributed by atoms with Crippen molar-refractivity contribution in [3.05, 3.63) is 64.2 Å². The summed E-state index contributed by atoms with van der Waals surface area (Å²) in [6.07, 6.45) is 1.99. The number of benzene rings is 2. The number of thioether (sulfide) groups is 1. The van der Waals surface area contributed by atoms with Crippen LogP contribution in [0.2, 0.25) is 0 Å². The third-order valence-corrected chi connectivity index (χ3v) is 4.49. The molecule has 0 aliphatic heterocycles. The highest BCUT2D eigenvalue weighted by Crippen LogP contribution is 2.24. The van der Waals surface area contributed by atoms with Gasteiger partial charge in [-0.2, -0.15) is 0 Å². The van der Waals surface area contributed by atoms with Gasteiger partial charge in [0.25, 0.3) is 5.69 Å². The highest BCUT2D eigenvalue weighted by molar-refractivity contribution is 7.98. The van der Waals surface area contributed by atoms with E-state index < -0.39 is 4.92 Å². The number of nitro benzene ring substituents is 1. The maximum atomic E-state index is 12.3. The summed E-state index contributed by atoms with van der Waals surface area (Å²) in [5.74, 6) is -0.529. The zero-order valence-electron chi connectivity index (χ0n) is 14.5. The fourth-order valence-electron chi connectivity index (χ4n) is 2.29. The van der Waals surface area contributed by atoms with Crippen molar-refractivity contribution in [3.63, 3.8) is 0 Å². The summed E-state index contributed by atoms with van der Waals surface area (Å²) in [5, 5.41) is 13.4. The molecule has 2 rings (SSSR count). The van der Waals surface area contributed by atoms with Crippen LogP contribution in [0.4, 0.5) is 11.4 Å². The van der Waals surface area contributed by atoms with Crippen LogP contribution >= 0.6 is 11.8 Å². The lowest BCUT2D eigenvalue weighted by atomic mass is 10.1. The van der Waals surface area contributed by atoms with Gasteiger partial charge in [0.15, 0.2) is 0 Å². The van der Waals surface area contributed by atoms with Crippen LogP contribution < -0.4 is 5.32 Å². The molecule has 0 spiro atoms. The van der Waals surface area contributed by atoms with E-state index in [1.807, 2.05) is 30.5 Å². The van der Waals surface area contributed by atoms with Crippen molar-refractivity contribution >= 4 is 35.0 Å². The number of carbonyl (C=O) groups excluding carboxylic acids is 2. The summed E-state index contributed by atoms with van der Waals surface area (Å²) in [6, 6.07) is 13.2. The average Bonchev–Trinajstić information content (AvgIpc) is 2.62. The molecule has 0 aliphatic carbocycles. The van der Waals surface area contributed by atoms with Crippen molar-refractivity contribution in [1.82, 2.24) is 4.90 Å². The molecule has 7 nitrogen and oxygen atoms in total. The first-order valence-electron chi connectivity index (χ1n) is 7.81. The Morgan fingerprint density at radius 3 is 2.42 bits per heavy atom. The molecule has 8 heteroatoms. The number of nitrogens with zero attached hydrogens (tertiary/aromatic N) is 2. The normalized spacial score (nSPS) is 10.2. The number of rotatable bonds is 7. The molecule has 136 valence electrons. The van der Waals surface area contributed by atoms with Crippen LogP contribution in [0.15, 0.2) is 53.4 Å². The van der Waals surface area contributed by atoms with Crippen LogP contribution in [0.3, 0.4) is 0 Å². The Labute approximate surface area is 155 Å². The van der Waals surface area contributed by atoms with Crippen LogP contribution in [0, 0.1) is 10.1 Å². The molecule has 0 bridgehead atoms. The topological polar surface area (TPSA) is 92.6 Å². The largest absolute Gasteiger partial charge is 0.336 e. The molecule has 0 aliphatic rings. The number of nitrogens with one attached hydrogen (secondary N) is 1. The first kappa shape index (κ1) is 19.5. The monoisotopic (exact) mass is 373 g/mol. The molecule has 0 radical (unpaired) electrons. The number of hydrogen-bond acceptors (Lipinski definition) is 5. The molecule has 0 fully saturated rings. The van der Waals surface area contributed by atoms with E-state index in [1.165, 1.54) is 28.8 Å². The van der Waals surface area contributed by atoms with Gasteiger partial charge in [-0.15, -0.1) is 11.8 Å². The number of carbonyl (C=O) groups is 2. The molecule has 0 aromatic heterocycles. The van der Waals surface area contributed by atoms with Gasteiger partial charge in [-0.3, -0.25) is 19.7 Å². The summed E-state index contributed by atoms with van der Waals surface area (Å²) in [4.78, 5) is 36.9. The van der Waals surface area contributed by atoms with E-state index in [0.29, 0.717) is 11.3 Å². The SMILES string of the molecule is CSc1ccccc1NC(=O)CN(C)C(=O)Cc1ccc([N+](=O)[O-])cc1. The first-order chi connectivity index (χ1) is 12.4. The zero-order valence-corrected chi connectivity index (χ0v) is 15.3. The zero-order chi connectivity index (χ0) is 19.1. The first-order valence-corrected chi connectivity index (χ1v) is 9.03. The third kappa shape index (κ3) is 5.32. The molecule has 26 heavy (non-hydrogen) atoms. The molecule has 2 aromatic rings. The van der Waals surface area contributed by atoms with E-state index in [4.69, 9.17) is 0 Å². The van der Waals surface area contributed by atoms with E-state index in [2.05, 4.69) is 5.32 Å². The van der Waals surface area contributed by atoms with Crippen LogP contribution in [0.1, 0.15) is 5.56 Å². The van der Waals surface area contributed by atoms with E-state index in [1.54, 1.807) is 19.2 Å². The van der Waals surface area contributed by atoms with Gasteiger partial charge in [0.1, 0.15) is 0 Å². The summed E-state index contributed by atoms with van der Waals surface area (Å²) >= 11 is 1.52. The van der Waals surface area contributed by atoms with E-state index in [-0.39, 0.29) is 30.5 Å². The Morgan fingerprint density at radius 1 is 1.15 bits per heavy atom. The predicted molar refractivity (Wildman–Crippen MR) is 101 cm³/mol. The fraction of sp³-hybridized carbons (Fsp3) is 0.222. The minimum Gasteiger partial charge on any atom is -0.336 e. The van der Waals surface area contributed by atoms with E-state index in [9.17, 15) is 19.7 Å². The molecule has 2 amide bonds.